The lowest BCUT2D eigenvalue weighted by Gasteiger charge is -2.09. The summed E-state index contributed by atoms with van der Waals surface area (Å²) in [6, 6.07) is 6.42. The Morgan fingerprint density at radius 2 is 1.80 bits per heavy atom. The summed E-state index contributed by atoms with van der Waals surface area (Å²) < 4.78 is 10.1. The highest BCUT2D eigenvalue weighted by atomic mass is 16.5. The predicted molar refractivity (Wildman–Crippen MR) is 75.0 cm³/mol. The number of methoxy groups -OCH3 is 2. The fourth-order valence-corrected chi connectivity index (χ4v) is 1.61. The highest BCUT2D eigenvalue weighted by Crippen LogP contribution is 2.22. The summed E-state index contributed by atoms with van der Waals surface area (Å²) in [7, 11) is 3.02. The van der Waals surface area contributed by atoms with E-state index >= 15 is 0 Å². The van der Waals surface area contributed by atoms with E-state index in [9.17, 15) is 5.11 Å². The van der Waals surface area contributed by atoms with Gasteiger partial charge in [0.2, 0.25) is 17.7 Å². The maximum Gasteiger partial charge on any atom is 0.229 e. The maximum atomic E-state index is 9.73. The Balaban J connectivity index is 2.16. The van der Waals surface area contributed by atoms with Gasteiger partial charge in [0.25, 0.3) is 0 Å². The number of hydrogen-bond donors (Lipinski definition) is 3. The largest absolute Gasteiger partial charge is 0.508 e. The van der Waals surface area contributed by atoms with E-state index in [0.717, 1.165) is 0 Å². The van der Waals surface area contributed by atoms with Crippen LogP contribution in [-0.2, 0) is 6.54 Å². The molecule has 0 spiro atoms. The number of nitrogens with one attached hydrogen (secondary N) is 1. The van der Waals surface area contributed by atoms with Crippen LogP contribution in [-0.4, -0.2) is 29.3 Å². The fraction of sp³-hybridized carbons (Fsp3) is 0.231. The van der Waals surface area contributed by atoms with Gasteiger partial charge in [-0.25, -0.2) is 0 Å². The molecule has 0 amide bonds. The number of phenols is 1. The van der Waals surface area contributed by atoms with E-state index in [1.165, 1.54) is 14.2 Å². The third-order valence-electron chi connectivity index (χ3n) is 2.64. The van der Waals surface area contributed by atoms with Crippen LogP contribution in [0.15, 0.2) is 24.3 Å². The number of nitrogens with two attached hydrogens (primary N) is 1. The zero-order valence-electron chi connectivity index (χ0n) is 11.3. The summed E-state index contributed by atoms with van der Waals surface area (Å²) in [4.78, 5) is 8.26. The van der Waals surface area contributed by atoms with Crippen molar-refractivity contribution < 1.29 is 14.6 Å². The van der Waals surface area contributed by atoms with Crippen molar-refractivity contribution in [3.05, 3.63) is 29.8 Å². The van der Waals surface area contributed by atoms with Gasteiger partial charge in [-0.05, 0) is 18.2 Å². The van der Waals surface area contributed by atoms with Crippen molar-refractivity contribution in [2.24, 2.45) is 0 Å². The van der Waals surface area contributed by atoms with Gasteiger partial charge >= 0.3 is 0 Å². The second kappa shape index (κ2) is 5.96. The van der Waals surface area contributed by atoms with Crippen molar-refractivity contribution in [1.29, 1.82) is 0 Å². The molecule has 1 aromatic heterocycles. The zero-order valence-corrected chi connectivity index (χ0v) is 11.3. The van der Waals surface area contributed by atoms with Crippen molar-refractivity contribution in [3.8, 4) is 17.5 Å². The van der Waals surface area contributed by atoms with E-state index in [0.29, 0.717) is 35.5 Å². The van der Waals surface area contributed by atoms with Gasteiger partial charge in [-0.2, -0.15) is 9.97 Å². The second-order valence-corrected chi connectivity index (χ2v) is 4.02. The highest BCUT2D eigenvalue weighted by Gasteiger charge is 2.07. The molecule has 7 heteroatoms. The van der Waals surface area contributed by atoms with Crippen LogP contribution in [0.5, 0.6) is 17.5 Å². The number of hydrogen-bond acceptors (Lipinski definition) is 7. The van der Waals surface area contributed by atoms with E-state index in [2.05, 4.69) is 15.3 Å². The summed E-state index contributed by atoms with van der Waals surface area (Å²) in [5.41, 5.74) is 6.90. The van der Waals surface area contributed by atoms with Gasteiger partial charge in [-0.15, -0.1) is 0 Å². The van der Waals surface area contributed by atoms with E-state index < -0.39 is 0 Å². The summed E-state index contributed by atoms with van der Waals surface area (Å²) in [5.74, 6) is 1.26. The van der Waals surface area contributed by atoms with Crippen molar-refractivity contribution in [3.63, 3.8) is 0 Å². The molecule has 0 aliphatic carbocycles. The minimum absolute atomic E-state index is 0.154. The van der Waals surface area contributed by atoms with Crippen LogP contribution in [0.3, 0.4) is 0 Å². The topological polar surface area (TPSA) is 103 Å². The molecule has 0 fully saturated rings. The number of aromatic hydroxyl groups is 1. The Morgan fingerprint density at radius 3 is 2.40 bits per heavy atom. The lowest BCUT2D eigenvalue weighted by atomic mass is 10.2. The smallest absolute Gasteiger partial charge is 0.229 e. The number of nitrogen functional groups attached to an aromatic ring is 1. The van der Waals surface area contributed by atoms with Crippen LogP contribution in [0, 0.1) is 0 Å². The number of aromatic nitrogens is 2. The Labute approximate surface area is 116 Å². The number of nitrogens with zero attached hydrogens (tertiary/aromatic N) is 2. The van der Waals surface area contributed by atoms with Crippen molar-refractivity contribution in [2.75, 3.05) is 25.3 Å². The molecule has 0 unspecified atom stereocenters. The summed E-state index contributed by atoms with van der Waals surface area (Å²) in [6.07, 6.45) is 0. The van der Waals surface area contributed by atoms with Crippen LogP contribution in [0.2, 0.25) is 0 Å². The molecule has 1 heterocycles. The summed E-state index contributed by atoms with van der Waals surface area (Å²) >= 11 is 0. The summed E-state index contributed by atoms with van der Waals surface area (Å²) in [5, 5.41) is 12.7. The molecule has 2 aromatic rings. The van der Waals surface area contributed by atoms with Crippen LogP contribution >= 0.6 is 0 Å². The Hall–Kier alpha value is -2.70. The van der Waals surface area contributed by atoms with Crippen molar-refractivity contribution >= 4 is 11.6 Å². The van der Waals surface area contributed by atoms with Crippen LogP contribution < -0.4 is 20.5 Å². The first-order valence-electron chi connectivity index (χ1n) is 5.90. The fourth-order valence-electron chi connectivity index (χ4n) is 1.61. The number of ether oxygens (including phenoxy) is 2. The number of phenolic OH excluding ortho intramolecular Hbond substituents is 1. The normalized spacial score (nSPS) is 10.1. The van der Waals surface area contributed by atoms with E-state index in [4.69, 9.17) is 15.2 Å². The van der Waals surface area contributed by atoms with Gasteiger partial charge in [0.15, 0.2) is 0 Å². The Kier molecular flexibility index (Phi) is 4.09. The summed E-state index contributed by atoms with van der Waals surface area (Å²) in [6.45, 7) is 0.327. The zero-order chi connectivity index (χ0) is 14.5. The van der Waals surface area contributed by atoms with E-state index in [-0.39, 0.29) is 5.75 Å². The average Bonchev–Trinajstić information content (AvgIpc) is 2.47. The molecule has 0 aliphatic heterocycles. The van der Waals surface area contributed by atoms with Gasteiger partial charge in [0.05, 0.1) is 20.3 Å². The van der Waals surface area contributed by atoms with Gasteiger partial charge in [0, 0.05) is 17.8 Å². The van der Waals surface area contributed by atoms with Crippen LogP contribution in [0.25, 0.3) is 0 Å². The molecule has 7 nitrogen and oxygen atoms in total. The quantitative estimate of drug-likeness (QED) is 0.560. The maximum absolute atomic E-state index is 9.73. The van der Waals surface area contributed by atoms with Crippen molar-refractivity contribution in [1.82, 2.24) is 9.97 Å². The van der Waals surface area contributed by atoms with Gasteiger partial charge in [-0.3, -0.25) is 0 Å². The first-order chi connectivity index (χ1) is 9.62. The molecule has 0 radical (unpaired) electrons. The molecular formula is C13H16N4O3. The third kappa shape index (κ3) is 3.19. The average molecular weight is 276 g/mol. The minimum Gasteiger partial charge on any atom is -0.508 e. The molecule has 0 atom stereocenters. The van der Waals surface area contributed by atoms with E-state index in [1.807, 2.05) is 0 Å². The molecule has 0 saturated carbocycles. The number of rotatable bonds is 5. The monoisotopic (exact) mass is 276 g/mol. The SMILES string of the molecule is COc1cc(OC)nc(NCc2cc(N)ccc2O)n1. The number of anilines is 2. The molecule has 0 saturated heterocycles. The number of benzene rings is 1. The van der Waals surface area contributed by atoms with Crippen molar-refractivity contribution in [2.45, 2.75) is 6.54 Å². The standard InChI is InChI=1S/C13H16N4O3/c1-19-11-6-12(20-2)17-13(16-11)15-7-8-5-9(14)3-4-10(8)18/h3-6,18H,7,14H2,1-2H3,(H,15,16,17). The van der Waals surface area contributed by atoms with Gasteiger partial charge < -0.3 is 25.6 Å². The van der Waals surface area contributed by atoms with Crippen LogP contribution in [0.1, 0.15) is 5.56 Å². The Bertz CT molecular complexity index is 582. The molecule has 20 heavy (non-hydrogen) atoms. The molecule has 0 aliphatic rings. The minimum atomic E-state index is 0.154. The predicted octanol–water partition coefficient (Wildman–Crippen LogP) is 1.39. The third-order valence-corrected chi connectivity index (χ3v) is 2.64. The molecule has 106 valence electrons. The molecule has 4 N–H and O–H groups in total. The van der Waals surface area contributed by atoms with Crippen LogP contribution in [0.4, 0.5) is 11.6 Å². The van der Waals surface area contributed by atoms with Gasteiger partial charge in [0.1, 0.15) is 5.75 Å². The molecular weight excluding hydrogens is 260 g/mol. The first kappa shape index (κ1) is 13.7. The van der Waals surface area contributed by atoms with Gasteiger partial charge in [-0.1, -0.05) is 0 Å². The highest BCUT2D eigenvalue weighted by molar-refractivity contribution is 5.48. The second-order valence-electron chi connectivity index (χ2n) is 4.02. The first-order valence-corrected chi connectivity index (χ1v) is 5.90. The Morgan fingerprint density at radius 1 is 1.15 bits per heavy atom. The van der Waals surface area contributed by atoms with E-state index in [1.54, 1.807) is 24.3 Å². The molecule has 0 bridgehead atoms. The lowest BCUT2D eigenvalue weighted by molar-refractivity contribution is 0.373. The lowest BCUT2D eigenvalue weighted by Crippen LogP contribution is -2.06. The molecule has 1 aromatic carbocycles. The molecule has 2 rings (SSSR count).